The molecule has 0 aliphatic carbocycles. The third kappa shape index (κ3) is 8.54. The number of hydrogen-bond donors (Lipinski definition) is 3. The average Bonchev–Trinajstić information content (AvgIpc) is 2.42. The third-order valence-corrected chi connectivity index (χ3v) is 3.59. The molecule has 118 valence electrons. The van der Waals surface area contributed by atoms with E-state index in [4.69, 9.17) is 11.6 Å². The predicted octanol–water partition coefficient (Wildman–Crippen LogP) is 0.944. The minimum atomic E-state index is -3.11. The number of sulfonamides is 1. The minimum absolute atomic E-state index is 0.403. The highest BCUT2D eigenvalue weighted by Gasteiger charge is 2.00. The zero-order valence-corrected chi connectivity index (χ0v) is 13.8. The van der Waals surface area contributed by atoms with Gasteiger partial charge >= 0.3 is 0 Å². The number of hydrogen-bond acceptors (Lipinski definition) is 3. The molecule has 0 spiro atoms. The number of nitrogens with zero attached hydrogens (tertiary/aromatic N) is 1. The normalized spacial score (nSPS) is 12.2. The van der Waals surface area contributed by atoms with Crippen LogP contribution in [-0.4, -0.2) is 40.8 Å². The van der Waals surface area contributed by atoms with E-state index >= 15 is 0 Å². The van der Waals surface area contributed by atoms with E-state index in [9.17, 15) is 8.42 Å². The van der Waals surface area contributed by atoms with Gasteiger partial charge in [-0.3, -0.25) is 4.99 Å². The lowest BCUT2D eigenvalue weighted by Gasteiger charge is -2.12. The van der Waals surface area contributed by atoms with Crippen molar-refractivity contribution in [2.24, 2.45) is 4.99 Å². The lowest BCUT2D eigenvalue weighted by Crippen LogP contribution is -2.38. The van der Waals surface area contributed by atoms with Crippen molar-refractivity contribution in [3.8, 4) is 0 Å². The van der Waals surface area contributed by atoms with E-state index in [1.54, 1.807) is 7.05 Å². The van der Waals surface area contributed by atoms with Gasteiger partial charge in [-0.2, -0.15) is 0 Å². The van der Waals surface area contributed by atoms with Crippen molar-refractivity contribution in [2.45, 2.75) is 13.0 Å². The zero-order chi connectivity index (χ0) is 15.7. The van der Waals surface area contributed by atoms with Crippen molar-refractivity contribution < 1.29 is 8.42 Å². The van der Waals surface area contributed by atoms with Gasteiger partial charge in [-0.25, -0.2) is 13.1 Å². The molecule has 0 aliphatic heterocycles. The van der Waals surface area contributed by atoms with Crippen LogP contribution in [0.5, 0.6) is 0 Å². The molecule has 8 heteroatoms. The molecule has 0 heterocycles. The molecule has 6 nitrogen and oxygen atoms in total. The van der Waals surface area contributed by atoms with Crippen LogP contribution in [0.15, 0.2) is 29.3 Å². The molecule has 0 saturated carbocycles. The summed E-state index contributed by atoms with van der Waals surface area (Å²) in [6.45, 7) is 1.67. The van der Waals surface area contributed by atoms with Crippen molar-refractivity contribution in [2.75, 3.05) is 26.4 Å². The summed E-state index contributed by atoms with van der Waals surface area (Å²) in [5.41, 5.74) is 1.10. The molecule has 0 fully saturated rings. The summed E-state index contributed by atoms with van der Waals surface area (Å²) in [6, 6.07) is 7.56. The summed E-state index contributed by atoms with van der Waals surface area (Å²) < 4.78 is 24.2. The van der Waals surface area contributed by atoms with Crippen LogP contribution in [0.4, 0.5) is 0 Å². The molecule has 0 bridgehead atoms. The number of rotatable bonds is 7. The molecule has 21 heavy (non-hydrogen) atoms. The fourth-order valence-electron chi connectivity index (χ4n) is 1.56. The fourth-order valence-corrected chi connectivity index (χ4v) is 2.20. The first kappa shape index (κ1) is 17.7. The Hall–Kier alpha value is -1.31. The van der Waals surface area contributed by atoms with Crippen LogP contribution in [0.1, 0.15) is 12.0 Å². The van der Waals surface area contributed by atoms with E-state index in [1.165, 1.54) is 0 Å². The van der Waals surface area contributed by atoms with Gasteiger partial charge in [0.1, 0.15) is 0 Å². The van der Waals surface area contributed by atoms with Gasteiger partial charge < -0.3 is 10.6 Å². The number of halogens is 1. The van der Waals surface area contributed by atoms with Gasteiger partial charge in [0, 0.05) is 31.7 Å². The van der Waals surface area contributed by atoms with E-state index in [0.717, 1.165) is 11.8 Å². The van der Waals surface area contributed by atoms with Gasteiger partial charge in [0.15, 0.2) is 5.96 Å². The minimum Gasteiger partial charge on any atom is -0.356 e. The molecule has 0 aliphatic rings. The van der Waals surface area contributed by atoms with Crippen molar-refractivity contribution in [3.63, 3.8) is 0 Å². The van der Waals surface area contributed by atoms with Crippen molar-refractivity contribution >= 4 is 27.6 Å². The summed E-state index contributed by atoms with van der Waals surface area (Å²) in [6.07, 6.45) is 1.82. The van der Waals surface area contributed by atoms with E-state index in [1.807, 2.05) is 24.3 Å². The number of guanidine groups is 1. The Morgan fingerprint density at radius 2 is 1.86 bits per heavy atom. The molecule has 0 amide bonds. The van der Waals surface area contributed by atoms with Gasteiger partial charge in [-0.05, 0) is 24.1 Å². The van der Waals surface area contributed by atoms with Crippen LogP contribution in [0.2, 0.25) is 5.02 Å². The highest BCUT2D eigenvalue weighted by Crippen LogP contribution is 2.08. The Bertz CT molecular complexity index is 558. The van der Waals surface area contributed by atoms with E-state index in [0.29, 0.717) is 37.0 Å². The molecule has 0 saturated heterocycles. The van der Waals surface area contributed by atoms with Crippen LogP contribution >= 0.6 is 11.6 Å². The highest BCUT2D eigenvalue weighted by atomic mass is 35.5. The standard InChI is InChI=1S/C13H21ClN4O2S/c1-15-13(16-8-3-9-18-21(2,19)20)17-10-11-4-6-12(14)7-5-11/h4-7,18H,3,8-10H2,1-2H3,(H2,15,16,17). The third-order valence-electron chi connectivity index (χ3n) is 2.61. The second kappa shape index (κ2) is 8.86. The predicted molar refractivity (Wildman–Crippen MR) is 87.1 cm³/mol. The van der Waals surface area contributed by atoms with Crippen molar-refractivity contribution in [1.82, 2.24) is 15.4 Å². The molecular formula is C13H21ClN4O2S. The first-order valence-electron chi connectivity index (χ1n) is 6.54. The number of aliphatic imine (C=N–C) groups is 1. The van der Waals surface area contributed by atoms with Gasteiger partial charge in [0.25, 0.3) is 0 Å². The first-order valence-corrected chi connectivity index (χ1v) is 8.81. The van der Waals surface area contributed by atoms with Crippen LogP contribution < -0.4 is 15.4 Å². The quantitative estimate of drug-likeness (QED) is 0.394. The Labute approximate surface area is 131 Å². The van der Waals surface area contributed by atoms with Gasteiger partial charge in [-0.15, -0.1) is 0 Å². The maximum Gasteiger partial charge on any atom is 0.208 e. The maximum atomic E-state index is 10.9. The van der Waals surface area contributed by atoms with Crippen LogP contribution in [0.3, 0.4) is 0 Å². The number of nitrogens with one attached hydrogen (secondary N) is 3. The molecule has 0 unspecified atom stereocenters. The molecular weight excluding hydrogens is 312 g/mol. The second-order valence-electron chi connectivity index (χ2n) is 4.50. The summed E-state index contributed by atoms with van der Waals surface area (Å²) >= 11 is 5.83. The topological polar surface area (TPSA) is 82.6 Å². The average molecular weight is 333 g/mol. The highest BCUT2D eigenvalue weighted by molar-refractivity contribution is 7.88. The Morgan fingerprint density at radius 3 is 2.43 bits per heavy atom. The van der Waals surface area contributed by atoms with Crippen molar-refractivity contribution in [3.05, 3.63) is 34.9 Å². The van der Waals surface area contributed by atoms with Gasteiger partial charge in [0.05, 0.1) is 6.26 Å². The first-order chi connectivity index (χ1) is 9.90. The lowest BCUT2D eigenvalue weighted by atomic mass is 10.2. The van der Waals surface area contributed by atoms with Gasteiger partial charge in [-0.1, -0.05) is 23.7 Å². The SMILES string of the molecule is CN=C(NCCCNS(C)(=O)=O)NCc1ccc(Cl)cc1. The summed E-state index contributed by atoms with van der Waals surface area (Å²) in [5.74, 6) is 0.671. The molecule has 1 aromatic rings. The fraction of sp³-hybridized carbons (Fsp3) is 0.462. The summed E-state index contributed by atoms with van der Waals surface area (Å²) in [7, 11) is -1.43. The van der Waals surface area contributed by atoms with E-state index < -0.39 is 10.0 Å². The lowest BCUT2D eigenvalue weighted by molar-refractivity contribution is 0.584. The summed E-state index contributed by atoms with van der Waals surface area (Å²) in [5, 5.41) is 6.99. The molecule has 3 N–H and O–H groups in total. The molecule has 0 atom stereocenters. The molecule has 1 aromatic carbocycles. The van der Waals surface area contributed by atoms with E-state index in [-0.39, 0.29) is 0 Å². The van der Waals surface area contributed by atoms with Gasteiger partial charge in [0.2, 0.25) is 10.0 Å². The van der Waals surface area contributed by atoms with Crippen LogP contribution in [-0.2, 0) is 16.6 Å². The molecule has 0 aromatic heterocycles. The van der Waals surface area contributed by atoms with E-state index in [2.05, 4.69) is 20.3 Å². The van der Waals surface area contributed by atoms with Crippen LogP contribution in [0.25, 0.3) is 0 Å². The second-order valence-corrected chi connectivity index (χ2v) is 6.77. The Morgan fingerprint density at radius 1 is 1.19 bits per heavy atom. The molecule has 1 rings (SSSR count). The molecule has 0 radical (unpaired) electrons. The Kier molecular flexibility index (Phi) is 7.49. The zero-order valence-electron chi connectivity index (χ0n) is 12.2. The smallest absolute Gasteiger partial charge is 0.208 e. The largest absolute Gasteiger partial charge is 0.356 e. The maximum absolute atomic E-state index is 10.9. The van der Waals surface area contributed by atoms with Crippen LogP contribution in [0, 0.1) is 0 Å². The van der Waals surface area contributed by atoms with Crippen molar-refractivity contribution in [1.29, 1.82) is 0 Å². The number of benzene rings is 1. The Balaban J connectivity index is 2.25. The summed E-state index contributed by atoms with van der Waals surface area (Å²) in [4.78, 5) is 4.10. The monoisotopic (exact) mass is 332 g/mol.